The number of thiazole rings is 1. The Balaban J connectivity index is 1.16. The Morgan fingerprint density at radius 3 is 2.27 bits per heavy atom. The molecule has 8 nitrogen and oxygen atoms in total. The monoisotopic (exact) mass is 547 g/mol. The molecular formula is C31H29N7OS. The number of nitrogens with one attached hydrogen (secondary N) is 2. The Morgan fingerprint density at radius 2 is 1.55 bits per heavy atom. The highest BCUT2D eigenvalue weighted by molar-refractivity contribution is 7.22. The van der Waals surface area contributed by atoms with Gasteiger partial charge in [0.25, 0.3) is 0 Å². The zero-order valence-corrected chi connectivity index (χ0v) is 23.0. The summed E-state index contributed by atoms with van der Waals surface area (Å²) in [5, 5.41) is 17.3. The van der Waals surface area contributed by atoms with Crippen molar-refractivity contribution >= 4 is 43.9 Å². The molecule has 0 saturated carbocycles. The second-order valence-electron chi connectivity index (χ2n) is 9.80. The van der Waals surface area contributed by atoms with Gasteiger partial charge in [0.05, 0.1) is 11.3 Å². The van der Waals surface area contributed by atoms with Crippen LogP contribution in [0.1, 0.15) is 11.1 Å². The van der Waals surface area contributed by atoms with E-state index in [1.54, 1.807) is 6.20 Å². The lowest BCUT2D eigenvalue weighted by atomic mass is 10.2. The molecule has 6 rings (SSSR count). The maximum absolute atomic E-state index is 9.78. The summed E-state index contributed by atoms with van der Waals surface area (Å²) >= 11 is 1.47. The Morgan fingerprint density at radius 1 is 0.875 bits per heavy atom. The van der Waals surface area contributed by atoms with Gasteiger partial charge in [0.1, 0.15) is 22.3 Å². The highest BCUT2D eigenvalue weighted by Gasteiger charge is 2.16. The van der Waals surface area contributed by atoms with Gasteiger partial charge in [-0.2, -0.15) is 10.2 Å². The number of hydrogen-bond acceptors (Lipinski definition) is 9. The summed E-state index contributed by atoms with van der Waals surface area (Å²) in [5.74, 6) is 1.51. The maximum Gasteiger partial charge on any atom is 0.189 e. The predicted octanol–water partition coefficient (Wildman–Crippen LogP) is 6.59. The Bertz CT molecular complexity index is 1620. The van der Waals surface area contributed by atoms with E-state index in [-0.39, 0.29) is 0 Å². The minimum Gasteiger partial charge on any atom is -0.457 e. The zero-order valence-electron chi connectivity index (χ0n) is 22.2. The minimum absolute atomic E-state index is 0.459. The van der Waals surface area contributed by atoms with Crippen molar-refractivity contribution in [2.24, 2.45) is 0 Å². The molecule has 5 aromatic rings. The van der Waals surface area contributed by atoms with Crippen molar-refractivity contribution in [1.29, 1.82) is 5.26 Å². The number of para-hydroxylation sites is 1. The van der Waals surface area contributed by atoms with Crippen LogP contribution in [0.3, 0.4) is 0 Å². The zero-order chi connectivity index (χ0) is 27.3. The molecule has 0 atom stereocenters. The van der Waals surface area contributed by atoms with Crippen molar-refractivity contribution < 1.29 is 4.74 Å². The molecule has 1 aliphatic rings. The van der Waals surface area contributed by atoms with Crippen LogP contribution in [0.4, 0.5) is 22.2 Å². The van der Waals surface area contributed by atoms with E-state index in [9.17, 15) is 5.26 Å². The number of aromatic nitrogens is 2. The van der Waals surface area contributed by atoms with E-state index in [0.29, 0.717) is 16.9 Å². The van der Waals surface area contributed by atoms with E-state index in [1.165, 1.54) is 16.9 Å². The fourth-order valence-electron chi connectivity index (χ4n) is 4.59. The first-order valence-electron chi connectivity index (χ1n) is 13.2. The number of rotatable bonds is 8. The van der Waals surface area contributed by atoms with Gasteiger partial charge in [0.2, 0.25) is 0 Å². The third kappa shape index (κ3) is 6.05. The first-order chi connectivity index (χ1) is 19.6. The van der Waals surface area contributed by atoms with Crippen LogP contribution in [0.5, 0.6) is 11.5 Å². The number of hydrogen-bond donors (Lipinski definition) is 2. The molecule has 1 aliphatic heterocycles. The molecule has 0 radical (unpaired) electrons. The molecule has 40 heavy (non-hydrogen) atoms. The van der Waals surface area contributed by atoms with E-state index >= 15 is 0 Å². The Labute approximate surface area is 237 Å². The van der Waals surface area contributed by atoms with Crippen molar-refractivity contribution in [1.82, 2.24) is 19.8 Å². The molecule has 0 amide bonds. The highest BCUT2D eigenvalue weighted by Crippen LogP contribution is 2.36. The van der Waals surface area contributed by atoms with Crippen molar-refractivity contribution in [2.45, 2.75) is 6.54 Å². The van der Waals surface area contributed by atoms with Crippen molar-refractivity contribution in [3.8, 4) is 17.6 Å². The van der Waals surface area contributed by atoms with E-state index in [2.05, 4.69) is 67.8 Å². The van der Waals surface area contributed by atoms with Crippen LogP contribution < -0.4 is 15.4 Å². The molecule has 0 aliphatic carbocycles. The molecule has 200 valence electrons. The van der Waals surface area contributed by atoms with Crippen LogP contribution in [-0.2, 0) is 6.54 Å². The quantitative estimate of drug-likeness (QED) is 0.225. The van der Waals surface area contributed by atoms with E-state index in [4.69, 9.17) is 4.74 Å². The van der Waals surface area contributed by atoms with Gasteiger partial charge in [-0.1, -0.05) is 41.7 Å². The number of fused-ring (bicyclic) bond motifs is 1. The second kappa shape index (κ2) is 11.7. The van der Waals surface area contributed by atoms with E-state index in [1.807, 2.05) is 54.6 Å². The summed E-state index contributed by atoms with van der Waals surface area (Å²) in [6.45, 7) is 5.39. The summed E-state index contributed by atoms with van der Waals surface area (Å²) in [7, 11) is 2.18. The largest absolute Gasteiger partial charge is 0.457 e. The second-order valence-corrected chi connectivity index (χ2v) is 10.8. The summed E-state index contributed by atoms with van der Waals surface area (Å²) in [6, 6.07) is 28.1. The highest BCUT2D eigenvalue weighted by atomic mass is 32.1. The number of nitrogens with zero attached hydrogens (tertiary/aromatic N) is 5. The number of pyridine rings is 1. The SMILES string of the molecule is CN1CCN(Cc2ccc(Nc3nc4ncc(C#N)c(Nc5ccc(Oc6ccccc6)cc5)c4s3)cc2)CC1. The van der Waals surface area contributed by atoms with Gasteiger partial charge in [-0.05, 0) is 61.1 Å². The van der Waals surface area contributed by atoms with Gasteiger partial charge in [0, 0.05) is 50.3 Å². The van der Waals surface area contributed by atoms with Crippen molar-refractivity contribution in [3.63, 3.8) is 0 Å². The van der Waals surface area contributed by atoms with Crippen molar-refractivity contribution in [3.05, 3.63) is 96.2 Å². The molecule has 9 heteroatoms. The average molecular weight is 548 g/mol. The molecule has 1 saturated heterocycles. The Hall–Kier alpha value is -4.49. The van der Waals surface area contributed by atoms with E-state index < -0.39 is 0 Å². The van der Waals surface area contributed by atoms with Crippen LogP contribution >= 0.6 is 11.3 Å². The lowest BCUT2D eigenvalue weighted by molar-refractivity contribution is 0.148. The normalized spacial score (nSPS) is 14.1. The predicted molar refractivity (Wildman–Crippen MR) is 161 cm³/mol. The van der Waals surface area contributed by atoms with Gasteiger partial charge in [0.15, 0.2) is 10.8 Å². The topological polar surface area (TPSA) is 89.3 Å². The van der Waals surface area contributed by atoms with Crippen LogP contribution in [0.2, 0.25) is 0 Å². The van der Waals surface area contributed by atoms with Crippen LogP contribution in [0.25, 0.3) is 10.3 Å². The van der Waals surface area contributed by atoms with Gasteiger partial charge in [-0.15, -0.1) is 0 Å². The number of piperazine rings is 1. The first-order valence-corrected chi connectivity index (χ1v) is 14.0. The molecule has 0 bridgehead atoms. The van der Waals surface area contributed by atoms with Gasteiger partial charge in [-0.25, -0.2) is 4.98 Å². The first kappa shape index (κ1) is 25.8. The molecule has 0 spiro atoms. The summed E-state index contributed by atoms with van der Waals surface area (Å²) in [5.41, 5.74) is 4.84. The molecule has 3 heterocycles. The van der Waals surface area contributed by atoms with E-state index in [0.717, 1.165) is 65.4 Å². The molecule has 2 aromatic heterocycles. The number of likely N-dealkylation sites (N-methyl/N-ethyl adjacent to an activating group) is 1. The standard InChI is InChI=1S/C31H29N7OS/c1-37-15-17-38(18-16-37)21-22-7-9-25(10-8-22)35-31-36-30-29(40-31)28(23(19-32)20-33-30)34-24-11-13-27(14-12-24)39-26-5-3-2-4-6-26/h2-14,20H,15-18,21H2,1H3,(H2,33,34,35,36). The van der Waals surface area contributed by atoms with Crippen LogP contribution in [-0.4, -0.2) is 53.0 Å². The minimum atomic E-state index is 0.459. The number of benzene rings is 3. The Kier molecular flexibility index (Phi) is 7.55. The fourth-order valence-corrected chi connectivity index (χ4v) is 5.54. The average Bonchev–Trinajstić information content (AvgIpc) is 3.40. The number of nitriles is 1. The molecule has 2 N–H and O–H groups in total. The summed E-state index contributed by atoms with van der Waals surface area (Å²) < 4.78 is 6.71. The molecule has 0 unspecified atom stereocenters. The van der Waals surface area contributed by atoms with Crippen LogP contribution in [0.15, 0.2) is 85.1 Å². The third-order valence-corrected chi connectivity index (χ3v) is 7.83. The van der Waals surface area contributed by atoms with Gasteiger partial charge in [-0.3, -0.25) is 4.90 Å². The fraction of sp³-hybridized carbons (Fsp3) is 0.194. The van der Waals surface area contributed by atoms with Gasteiger partial charge < -0.3 is 20.3 Å². The molecular weight excluding hydrogens is 518 g/mol. The smallest absolute Gasteiger partial charge is 0.189 e. The molecule has 3 aromatic carbocycles. The lowest BCUT2D eigenvalue weighted by Gasteiger charge is -2.32. The number of ether oxygens (including phenoxy) is 1. The summed E-state index contributed by atoms with van der Waals surface area (Å²) in [4.78, 5) is 14.0. The lowest BCUT2D eigenvalue weighted by Crippen LogP contribution is -2.43. The third-order valence-electron chi connectivity index (χ3n) is 6.85. The van der Waals surface area contributed by atoms with Gasteiger partial charge >= 0.3 is 0 Å². The maximum atomic E-state index is 9.78. The number of anilines is 4. The van der Waals surface area contributed by atoms with Crippen LogP contribution in [0, 0.1) is 11.3 Å². The summed E-state index contributed by atoms with van der Waals surface area (Å²) in [6.07, 6.45) is 1.56. The molecule has 1 fully saturated rings. The van der Waals surface area contributed by atoms with Crippen molar-refractivity contribution in [2.75, 3.05) is 43.9 Å².